The highest BCUT2D eigenvalue weighted by Gasteiger charge is 2.24. The zero-order valence-corrected chi connectivity index (χ0v) is 31.8. The first-order chi connectivity index (χ1) is 26.2. The summed E-state index contributed by atoms with van der Waals surface area (Å²) in [5.74, 6) is 0.428. The number of amides is 1. The van der Waals surface area contributed by atoms with Gasteiger partial charge in [-0.2, -0.15) is 0 Å². The normalized spacial score (nSPS) is 12.5. The van der Waals surface area contributed by atoms with Crippen LogP contribution in [-0.2, 0) is 42.4 Å². The van der Waals surface area contributed by atoms with E-state index in [0.29, 0.717) is 24.3 Å². The molecule has 1 heterocycles. The Morgan fingerprint density at radius 2 is 1.50 bits per heavy atom. The smallest absolute Gasteiger partial charge is 0.251 e. The predicted octanol–water partition coefficient (Wildman–Crippen LogP) is 8.56. The van der Waals surface area contributed by atoms with Gasteiger partial charge in [0.25, 0.3) is 5.91 Å². The van der Waals surface area contributed by atoms with Gasteiger partial charge in [-0.05, 0) is 83.7 Å². The molecule has 1 aliphatic carbocycles. The number of thiophene rings is 1. The number of aryl methyl sites for hydroxylation is 2. The van der Waals surface area contributed by atoms with E-state index in [0.717, 1.165) is 41.5 Å². The number of ketones is 1. The quantitative estimate of drug-likeness (QED) is 0.105. The number of hydrogen-bond donors (Lipinski definition) is 1. The first-order valence-corrected chi connectivity index (χ1v) is 20.8. The molecule has 8 nitrogen and oxygen atoms in total. The predicted molar refractivity (Wildman–Crippen MR) is 215 cm³/mol. The van der Waals surface area contributed by atoms with E-state index in [4.69, 9.17) is 9.47 Å². The number of carbonyl (C=O) groups is 2. The Hall–Kier alpha value is -5.45. The molecular formula is C44H42N2O6S2. The van der Waals surface area contributed by atoms with Gasteiger partial charge in [0.15, 0.2) is 5.78 Å². The number of fused-ring (bicyclic) bond motifs is 3. The number of hydrogen-bond acceptors (Lipinski definition) is 7. The van der Waals surface area contributed by atoms with Gasteiger partial charge in [0.2, 0.25) is 10.0 Å². The van der Waals surface area contributed by atoms with Crippen molar-refractivity contribution in [2.45, 2.75) is 45.3 Å². The summed E-state index contributed by atoms with van der Waals surface area (Å²) in [6.45, 7) is 0.360. The van der Waals surface area contributed by atoms with Crippen molar-refractivity contribution in [2.24, 2.45) is 0 Å². The van der Waals surface area contributed by atoms with Crippen molar-refractivity contribution >= 4 is 48.8 Å². The molecule has 0 spiro atoms. The molecule has 54 heavy (non-hydrogen) atoms. The molecule has 0 saturated heterocycles. The van der Waals surface area contributed by atoms with E-state index in [1.54, 1.807) is 24.3 Å². The molecular weight excluding hydrogens is 717 g/mol. The van der Waals surface area contributed by atoms with Gasteiger partial charge in [0, 0.05) is 22.4 Å². The van der Waals surface area contributed by atoms with Crippen LogP contribution in [0.25, 0.3) is 10.1 Å². The Kier molecular flexibility index (Phi) is 11.4. The molecule has 0 atom stereocenters. The van der Waals surface area contributed by atoms with Gasteiger partial charge >= 0.3 is 0 Å². The van der Waals surface area contributed by atoms with Crippen LogP contribution >= 0.6 is 11.3 Å². The molecule has 276 valence electrons. The van der Waals surface area contributed by atoms with Crippen molar-refractivity contribution in [3.8, 4) is 11.5 Å². The van der Waals surface area contributed by atoms with Gasteiger partial charge in [-0.15, -0.1) is 11.3 Å². The fourth-order valence-corrected chi connectivity index (χ4v) is 9.07. The van der Waals surface area contributed by atoms with Gasteiger partial charge in [0.1, 0.15) is 18.1 Å². The van der Waals surface area contributed by atoms with Crippen molar-refractivity contribution in [3.05, 3.63) is 160 Å². The summed E-state index contributed by atoms with van der Waals surface area (Å²) < 4.78 is 41.3. The second kappa shape index (κ2) is 16.7. The number of sulfonamides is 1. The van der Waals surface area contributed by atoms with Crippen molar-refractivity contribution < 1.29 is 27.5 Å². The van der Waals surface area contributed by atoms with Crippen molar-refractivity contribution in [3.63, 3.8) is 0 Å². The summed E-state index contributed by atoms with van der Waals surface area (Å²) in [6, 6.07) is 37.1. The molecule has 10 heteroatoms. The van der Waals surface area contributed by atoms with Crippen LogP contribution in [-0.4, -0.2) is 39.5 Å². The van der Waals surface area contributed by atoms with Crippen LogP contribution in [0.1, 0.15) is 60.7 Å². The van der Waals surface area contributed by atoms with E-state index in [9.17, 15) is 18.0 Å². The van der Waals surface area contributed by atoms with Crippen LogP contribution in [0.4, 0.5) is 5.69 Å². The molecule has 1 N–H and O–H groups in total. The minimum atomic E-state index is -3.81. The number of Topliss-reactive ketones (excluding diaryl/α,β-unsaturated/α-hetero) is 1. The topological polar surface area (TPSA) is 102 Å². The van der Waals surface area contributed by atoms with Gasteiger partial charge in [-0.1, -0.05) is 91.0 Å². The lowest BCUT2D eigenvalue weighted by atomic mass is 9.96. The lowest BCUT2D eigenvalue weighted by molar-refractivity contribution is 0.0903. The number of nitrogens with zero attached hydrogens (tertiary/aromatic N) is 1. The second-order valence-electron chi connectivity index (χ2n) is 13.4. The molecule has 6 aromatic rings. The molecule has 7 rings (SSSR count). The van der Waals surface area contributed by atoms with Gasteiger partial charge in [-0.25, -0.2) is 8.42 Å². The maximum Gasteiger partial charge on any atom is 0.251 e. The number of carbonyl (C=O) groups excluding carboxylic acids is 2. The van der Waals surface area contributed by atoms with E-state index < -0.39 is 10.0 Å². The minimum absolute atomic E-state index is 0.0425. The molecule has 5 aromatic carbocycles. The molecule has 1 amide bonds. The van der Waals surface area contributed by atoms with Gasteiger partial charge in [-0.3, -0.25) is 13.9 Å². The molecule has 0 bridgehead atoms. The SMILES string of the molecule is CS(=O)(=O)N(Cc1ccccc1)c1cc(C(=O)CNC(=O)c2ccccc2CCOc2cccc3c4c(sc23)CCCC4)ccc1OCc1ccccc1. The lowest BCUT2D eigenvalue weighted by Crippen LogP contribution is -2.31. The van der Waals surface area contributed by atoms with Crippen LogP contribution in [0.15, 0.2) is 121 Å². The van der Waals surface area contributed by atoms with Crippen LogP contribution in [0, 0.1) is 0 Å². The first-order valence-electron chi connectivity index (χ1n) is 18.1. The molecule has 1 aromatic heterocycles. The number of nitrogens with one attached hydrogen (secondary N) is 1. The Bertz CT molecular complexity index is 2380. The third kappa shape index (κ3) is 8.67. The highest BCUT2D eigenvalue weighted by molar-refractivity contribution is 7.92. The van der Waals surface area contributed by atoms with E-state index in [2.05, 4.69) is 11.4 Å². The standard InChI is InChI=1S/C44H42N2O6S2/c1-54(49,50)46(29-31-13-4-2-5-14-31)38-27-34(23-24-40(38)52-30-32-15-6-3-7-16-32)39(47)28-45-44(48)35-18-9-8-17-33(35)25-26-51-41-21-12-20-37-36-19-10-11-22-42(36)53-43(37)41/h2-9,12-18,20-21,23-24,27H,10-11,19,22,25-26,28-30H2,1H3,(H,45,48). The molecule has 0 radical (unpaired) electrons. The summed E-state index contributed by atoms with van der Waals surface area (Å²) >= 11 is 1.83. The Labute approximate surface area is 320 Å². The molecule has 0 unspecified atom stereocenters. The van der Waals surface area contributed by atoms with E-state index in [-0.39, 0.29) is 42.6 Å². The number of rotatable bonds is 15. The molecule has 0 aliphatic heterocycles. The maximum absolute atomic E-state index is 13.6. The average Bonchev–Trinajstić information content (AvgIpc) is 3.58. The fourth-order valence-electron chi connectivity index (χ4n) is 6.83. The monoisotopic (exact) mass is 758 g/mol. The molecule has 1 aliphatic rings. The number of benzene rings is 5. The molecule has 0 saturated carbocycles. The maximum atomic E-state index is 13.6. The first kappa shape index (κ1) is 36.9. The largest absolute Gasteiger partial charge is 0.492 e. The van der Waals surface area contributed by atoms with E-state index in [1.807, 2.05) is 96.3 Å². The summed E-state index contributed by atoms with van der Waals surface area (Å²) in [5, 5.41) is 4.08. The Morgan fingerprint density at radius 1 is 0.778 bits per heavy atom. The zero-order chi connectivity index (χ0) is 37.5. The highest BCUT2D eigenvalue weighted by Crippen LogP contribution is 2.41. The Balaban J connectivity index is 1.05. The summed E-state index contributed by atoms with van der Waals surface area (Å²) in [4.78, 5) is 28.6. The summed E-state index contributed by atoms with van der Waals surface area (Å²) in [7, 11) is -3.81. The van der Waals surface area contributed by atoms with Crippen molar-refractivity contribution in [1.82, 2.24) is 5.32 Å². The van der Waals surface area contributed by atoms with Gasteiger partial charge < -0.3 is 14.8 Å². The van der Waals surface area contributed by atoms with E-state index in [1.165, 1.54) is 43.7 Å². The summed E-state index contributed by atoms with van der Waals surface area (Å²) in [6.07, 6.45) is 6.34. The Morgan fingerprint density at radius 3 is 2.28 bits per heavy atom. The third-order valence-electron chi connectivity index (χ3n) is 9.60. The van der Waals surface area contributed by atoms with Crippen molar-refractivity contribution in [2.75, 3.05) is 23.7 Å². The van der Waals surface area contributed by atoms with Crippen molar-refractivity contribution in [1.29, 1.82) is 0 Å². The lowest BCUT2D eigenvalue weighted by Gasteiger charge is -2.25. The van der Waals surface area contributed by atoms with Crippen LogP contribution in [0.3, 0.4) is 0 Å². The van der Waals surface area contributed by atoms with Crippen LogP contribution in [0.5, 0.6) is 11.5 Å². The number of ether oxygens (including phenoxy) is 2. The molecule has 0 fully saturated rings. The minimum Gasteiger partial charge on any atom is -0.492 e. The van der Waals surface area contributed by atoms with Gasteiger partial charge in [0.05, 0.1) is 36.3 Å². The second-order valence-corrected chi connectivity index (χ2v) is 16.4. The average molecular weight is 759 g/mol. The van der Waals surface area contributed by atoms with Crippen LogP contribution < -0.4 is 19.1 Å². The fraction of sp³-hybridized carbons (Fsp3) is 0.227. The summed E-state index contributed by atoms with van der Waals surface area (Å²) in [5.41, 5.74) is 4.90. The van der Waals surface area contributed by atoms with Crippen LogP contribution in [0.2, 0.25) is 0 Å². The highest BCUT2D eigenvalue weighted by atomic mass is 32.2. The third-order valence-corrected chi connectivity index (χ3v) is 12.1. The number of anilines is 1. The van der Waals surface area contributed by atoms with E-state index >= 15 is 0 Å². The zero-order valence-electron chi connectivity index (χ0n) is 30.1.